The number of anilines is 1. The summed E-state index contributed by atoms with van der Waals surface area (Å²) in [5, 5.41) is 11.7. The number of carbonyl (C=O) groups excluding carboxylic acids is 1. The van der Waals surface area contributed by atoms with Crippen LogP contribution in [0.25, 0.3) is 17.5 Å². The van der Waals surface area contributed by atoms with Gasteiger partial charge >= 0.3 is 0 Å². The van der Waals surface area contributed by atoms with Gasteiger partial charge in [-0.15, -0.1) is 10.2 Å². The molecule has 2 aliphatic rings. The van der Waals surface area contributed by atoms with Crippen LogP contribution in [0.4, 0.5) is 5.69 Å². The van der Waals surface area contributed by atoms with E-state index in [1.54, 1.807) is 6.08 Å². The summed E-state index contributed by atoms with van der Waals surface area (Å²) in [7, 11) is 0. The Balaban J connectivity index is 1.29. The van der Waals surface area contributed by atoms with E-state index in [0.29, 0.717) is 19.0 Å². The monoisotopic (exact) mass is 416 g/mol. The number of carbonyl (C=O) groups is 1. The van der Waals surface area contributed by atoms with Crippen LogP contribution in [0, 0.1) is 0 Å². The molecule has 7 heteroatoms. The van der Waals surface area contributed by atoms with Gasteiger partial charge in [0.1, 0.15) is 19.0 Å². The van der Waals surface area contributed by atoms with E-state index in [4.69, 9.17) is 9.47 Å². The number of amides is 1. The Bertz CT molecular complexity index is 1140. The van der Waals surface area contributed by atoms with Crippen molar-refractivity contribution in [2.75, 3.05) is 18.5 Å². The highest BCUT2D eigenvalue weighted by molar-refractivity contribution is 6.02. The van der Waals surface area contributed by atoms with Gasteiger partial charge in [-0.1, -0.05) is 24.6 Å². The van der Waals surface area contributed by atoms with E-state index in [9.17, 15) is 4.79 Å². The third-order valence-electron chi connectivity index (χ3n) is 5.49. The molecule has 0 unspecified atom stereocenters. The average Bonchev–Trinajstić information content (AvgIpc) is 3.06. The first kappa shape index (κ1) is 19.4. The van der Waals surface area contributed by atoms with Gasteiger partial charge in [0.2, 0.25) is 5.91 Å². The Morgan fingerprint density at radius 3 is 2.84 bits per heavy atom. The molecule has 158 valence electrons. The van der Waals surface area contributed by atoms with Crippen molar-refractivity contribution in [3.8, 4) is 22.9 Å². The van der Waals surface area contributed by atoms with Gasteiger partial charge < -0.3 is 19.4 Å². The Morgan fingerprint density at radius 1 is 1.00 bits per heavy atom. The Labute approximate surface area is 180 Å². The zero-order valence-corrected chi connectivity index (χ0v) is 17.2. The quantitative estimate of drug-likeness (QED) is 0.648. The van der Waals surface area contributed by atoms with Crippen molar-refractivity contribution < 1.29 is 14.3 Å². The van der Waals surface area contributed by atoms with Gasteiger partial charge in [0.15, 0.2) is 17.3 Å². The molecule has 0 spiro atoms. The maximum Gasteiger partial charge on any atom is 0.248 e. The Kier molecular flexibility index (Phi) is 5.39. The van der Waals surface area contributed by atoms with Gasteiger partial charge in [-0.05, 0) is 48.7 Å². The molecule has 0 atom stereocenters. The number of aromatic nitrogens is 3. The highest BCUT2D eigenvalue weighted by Gasteiger charge is 2.16. The van der Waals surface area contributed by atoms with Crippen LogP contribution < -0.4 is 14.8 Å². The van der Waals surface area contributed by atoms with Crippen LogP contribution in [0.15, 0.2) is 48.5 Å². The van der Waals surface area contributed by atoms with E-state index in [1.807, 2.05) is 42.5 Å². The van der Waals surface area contributed by atoms with Gasteiger partial charge in [0.25, 0.3) is 0 Å². The first-order chi connectivity index (χ1) is 15.3. The maximum absolute atomic E-state index is 12.5. The third kappa shape index (κ3) is 4.30. The molecule has 0 saturated carbocycles. The summed E-state index contributed by atoms with van der Waals surface area (Å²) in [6.07, 6.45) is 7.75. The first-order valence-corrected chi connectivity index (χ1v) is 10.7. The lowest BCUT2D eigenvalue weighted by Crippen LogP contribution is -2.15. The van der Waals surface area contributed by atoms with Crippen LogP contribution >= 0.6 is 0 Å². The molecule has 1 N–H and O–H groups in total. The van der Waals surface area contributed by atoms with Crippen molar-refractivity contribution in [1.82, 2.24) is 14.8 Å². The van der Waals surface area contributed by atoms with Crippen molar-refractivity contribution in [1.29, 1.82) is 0 Å². The van der Waals surface area contributed by atoms with Crippen LogP contribution in [0.3, 0.4) is 0 Å². The van der Waals surface area contributed by atoms with Crippen molar-refractivity contribution in [2.45, 2.75) is 32.2 Å². The molecule has 0 fully saturated rings. The normalized spacial score (nSPS) is 15.4. The number of nitrogens with zero attached hydrogens (tertiary/aromatic N) is 3. The van der Waals surface area contributed by atoms with Gasteiger partial charge in [-0.25, -0.2) is 0 Å². The standard InChI is InChI=1S/C24H24N4O3/c29-23(11-9-17-8-10-20-21(15-17)31-14-13-30-20)25-19-6-4-5-18(16-19)24-27-26-22-7-2-1-3-12-28(22)24/h4-6,8-11,15-16H,1-3,7,12-14H2,(H,25,29)/b11-9+. The molecule has 3 aromatic rings. The number of hydrogen-bond acceptors (Lipinski definition) is 5. The lowest BCUT2D eigenvalue weighted by atomic mass is 10.1. The predicted molar refractivity (Wildman–Crippen MR) is 118 cm³/mol. The number of ether oxygens (including phenoxy) is 2. The summed E-state index contributed by atoms with van der Waals surface area (Å²) in [6.45, 7) is 2.03. The maximum atomic E-state index is 12.5. The zero-order valence-electron chi connectivity index (χ0n) is 17.2. The molecular formula is C24H24N4O3. The molecular weight excluding hydrogens is 392 g/mol. The third-order valence-corrected chi connectivity index (χ3v) is 5.49. The average molecular weight is 416 g/mol. The fourth-order valence-electron chi connectivity index (χ4n) is 3.95. The minimum absolute atomic E-state index is 0.202. The second-order valence-electron chi connectivity index (χ2n) is 7.71. The summed E-state index contributed by atoms with van der Waals surface area (Å²) >= 11 is 0. The number of nitrogens with one attached hydrogen (secondary N) is 1. The van der Waals surface area contributed by atoms with Gasteiger partial charge in [-0.2, -0.15) is 0 Å². The number of rotatable bonds is 4. The van der Waals surface area contributed by atoms with Crippen molar-refractivity contribution in [2.24, 2.45) is 0 Å². The SMILES string of the molecule is O=C(/C=C/c1ccc2c(c1)OCCO2)Nc1cccc(-c2nnc3n2CCCCC3)c1. The molecule has 0 radical (unpaired) electrons. The largest absolute Gasteiger partial charge is 0.486 e. The van der Waals surface area contributed by atoms with E-state index in [2.05, 4.69) is 20.1 Å². The smallest absolute Gasteiger partial charge is 0.248 e. The molecule has 5 rings (SSSR count). The molecule has 2 aromatic carbocycles. The highest BCUT2D eigenvalue weighted by atomic mass is 16.6. The van der Waals surface area contributed by atoms with E-state index in [-0.39, 0.29) is 5.91 Å². The van der Waals surface area contributed by atoms with Crippen LogP contribution in [0.2, 0.25) is 0 Å². The van der Waals surface area contributed by atoms with Crippen LogP contribution in [-0.2, 0) is 17.8 Å². The van der Waals surface area contributed by atoms with E-state index in [0.717, 1.165) is 60.0 Å². The Hall–Kier alpha value is -3.61. The second-order valence-corrected chi connectivity index (χ2v) is 7.71. The summed E-state index contributed by atoms with van der Waals surface area (Å²) in [5.74, 6) is 3.14. The zero-order chi connectivity index (χ0) is 21.0. The van der Waals surface area contributed by atoms with Gasteiger partial charge in [0.05, 0.1) is 0 Å². The number of benzene rings is 2. The second kappa shape index (κ2) is 8.63. The van der Waals surface area contributed by atoms with Gasteiger partial charge in [-0.3, -0.25) is 4.79 Å². The number of aryl methyl sites for hydroxylation is 1. The van der Waals surface area contributed by atoms with Gasteiger partial charge in [0, 0.05) is 30.3 Å². The molecule has 2 aliphatic heterocycles. The summed E-state index contributed by atoms with van der Waals surface area (Å²) in [6, 6.07) is 13.4. The van der Waals surface area contributed by atoms with Crippen LogP contribution in [0.1, 0.15) is 30.7 Å². The first-order valence-electron chi connectivity index (χ1n) is 10.7. The lowest BCUT2D eigenvalue weighted by Gasteiger charge is -2.18. The predicted octanol–water partition coefficient (Wildman–Crippen LogP) is 4.09. The molecule has 0 aliphatic carbocycles. The number of hydrogen-bond donors (Lipinski definition) is 1. The van der Waals surface area contributed by atoms with Crippen LogP contribution in [0.5, 0.6) is 11.5 Å². The van der Waals surface area contributed by atoms with Crippen molar-refractivity contribution in [3.63, 3.8) is 0 Å². The summed E-state index contributed by atoms with van der Waals surface area (Å²) in [5.41, 5.74) is 2.55. The summed E-state index contributed by atoms with van der Waals surface area (Å²) < 4.78 is 13.3. The van der Waals surface area contributed by atoms with Crippen molar-refractivity contribution >= 4 is 17.7 Å². The topological polar surface area (TPSA) is 78.3 Å². The lowest BCUT2D eigenvalue weighted by molar-refractivity contribution is -0.111. The minimum Gasteiger partial charge on any atom is -0.486 e. The molecule has 3 heterocycles. The molecule has 1 aromatic heterocycles. The molecule has 31 heavy (non-hydrogen) atoms. The molecule has 0 bridgehead atoms. The minimum atomic E-state index is -0.202. The van der Waals surface area contributed by atoms with E-state index in [1.165, 1.54) is 12.5 Å². The van der Waals surface area contributed by atoms with Crippen molar-refractivity contribution in [3.05, 3.63) is 59.9 Å². The molecule has 7 nitrogen and oxygen atoms in total. The molecule has 1 amide bonds. The summed E-state index contributed by atoms with van der Waals surface area (Å²) in [4.78, 5) is 12.5. The Morgan fingerprint density at radius 2 is 1.90 bits per heavy atom. The number of fused-ring (bicyclic) bond motifs is 2. The van der Waals surface area contributed by atoms with Crippen LogP contribution in [-0.4, -0.2) is 33.9 Å². The fraction of sp³-hybridized carbons (Fsp3) is 0.292. The molecule has 0 saturated heterocycles. The highest BCUT2D eigenvalue weighted by Crippen LogP contribution is 2.31. The fourth-order valence-corrected chi connectivity index (χ4v) is 3.95. The van der Waals surface area contributed by atoms with E-state index < -0.39 is 0 Å². The van der Waals surface area contributed by atoms with E-state index >= 15 is 0 Å².